The highest BCUT2D eigenvalue weighted by Gasteiger charge is 2.34. The Kier molecular flexibility index (Phi) is 5.88. The number of hydrogen-bond acceptors (Lipinski definition) is 7. The maximum absolute atomic E-state index is 16.4. The smallest absolute Gasteiger partial charge is 0.319 e. The zero-order valence-electron chi connectivity index (χ0n) is 21.2. The first kappa shape index (κ1) is 23.9. The first-order valence-electron chi connectivity index (χ1n) is 12.9. The van der Waals surface area contributed by atoms with Gasteiger partial charge in [0.2, 0.25) is 0 Å². The molecule has 0 radical (unpaired) electrons. The van der Waals surface area contributed by atoms with Gasteiger partial charge >= 0.3 is 6.01 Å². The third-order valence-corrected chi connectivity index (χ3v) is 7.56. The van der Waals surface area contributed by atoms with Crippen LogP contribution < -0.4 is 20.7 Å². The lowest BCUT2D eigenvalue weighted by Crippen LogP contribution is -2.51. The zero-order valence-corrected chi connectivity index (χ0v) is 21.2. The molecule has 3 heterocycles. The van der Waals surface area contributed by atoms with Crippen LogP contribution in [-0.4, -0.2) is 53.4 Å². The number of aromatic hydroxyl groups is 1. The molecule has 0 aliphatic carbocycles. The minimum absolute atomic E-state index is 0.0842. The van der Waals surface area contributed by atoms with Crippen molar-refractivity contribution in [1.82, 2.24) is 15.3 Å². The number of benzene rings is 3. The third-order valence-electron chi connectivity index (χ3n) is 7.56. The predicted octanol–water partition coefficient (Wildman–Crippen LogP) is 4.60. The van der Waals surface area contributed by atoms with E-state index in [0.717, 1.165) is 36.7 Å². The van der Waals surface area contributed by atoms with Crippen molar-refractivity contribution in [1.29, 1.82) is 0 Å². The standard InChI is InChI=1S/C29H32FN5O2/c1-29(2,15-31)16-37-28-33-26-23(27(34-28)35-13-18-7-8-19(14-35)32-18)10-9-22(25(26)30)24-12-20(36)11-17-5-3-4-6-21(17)24/h3-6,9-12,18-19,32,36H,7-8,13-16,31H2,1-2H3. The van der Waals surface area contributed by atoms with Gasteiger partial charge in [0, 0.05) is 48.1 Å². The van der Waals surface area contributed by atoms with Crippen LogP contribution in [0.25, 0.3) is 32.8 Å². The molecule has 37 heavy (non-hydrogen) atoms. The van der Waals surface area contributed by atoms with Crippen LogP contribution >= 0.6 is 0 Å². The summed E-state index contributed by atoms with van der Waals surface area (Å²) < 4.78 is 22.4. The number of phenolic OH excluding ortho intramolecular Hbond substituents is 1. The number of ether oxygens (including phenoxy) is 1. The van der Waals surface area contributed by atoms with Crippen LogP contribution in [-0.2, 0) is 0 Å². The zero-order chi connectivity index (χ0) is 25.7. The Labute approximate surface area is 215 Å². The summed E-state index contributed by atoms with van der Waals surface area (Å²) in [5, 5.41) is 16.4. The summed E-state index contributed by atoms with van der Waals surface area (Å²) in [6.45, 7) is 6.38. The van der Waals surface area contributed by atoms with E-state index in [0.29, 0.717) is 47.6 Å². The Balaban J connectivity index is 1.51. The largest absolute Gasteiger partial charge is 0.508 e. The summed E-state index contributed by atoms with van der Waals surface area (Å²) in [6.07, 6.45) is 2.25. The third kappa shape index (κ3) is 4.45. The van der Waals surface area contributed by atoms with E-state index in [1.165, 1.54) is 0 Å². The van der Waals surface area contributed by atoms with Gasteiger partial charge in [-0.25, -0.2) is 4.39 Å². The van der Waals surface area contributed by atoms with Gasteiger partial charge in [-0.1, -0.05) is 44.2 Å². The molecule has 0 spiro atoms. The second-order valence-electron chi connectivity index (χ2n) is 11.1. The van der Waals surface area contributed by atoms with Crippen molar-refractivity contribution in [3.05, 3.63) is 54.3 Å². The summed E-state index contributed by atoms with van der Waals surface area (Å²) in [7, 11) is 0. The Morgan fingerprint density at radius 2 is 1.81 bits per heavy atom. The molecular weight excluding hydrogens is 469 g/mol. The molecule has 192 valence electrons. The van der Waals surface area contributed by atoms with Gasteiger partial charge in [0.1, 0.15) is 17.1 Å². The van der Waals surface area contributed by atoms with Crippen molar-refractivity contribution in [2.75, 3.05) is 31.1 Å². The molecule has 2 aliphatic rings. The Morgan fingerprint density at radius 3 is 2.57 bits per heavy atom. The van der Waals surface area contributed by atoms with Gasteiger partial charge in [0.25, 0.3) is 0 Å². The topological polar surface area (TPSA) is 96.5 Å². The van der Waals surface area contributed by atoms with Crippen molar-refractivity contribution < 1.29 is 14.2 Å². The first-order valence-corrected chi connectivity index (χ1v) is 12.9. The molecule has 2 atom stereocenters. The SMILES string of the molecule is CC(C)(CN)COc1nc(N2CC3CCC(C2)N3)c2ccc(-c3cc(O)cc4ccccc34)c(F)c2n1. The van der Waals surface area contributed by atoms with E-state index in [1.807, 2.05) is 44.2 Å². The summed E-state index contributed by atoms with van der Waals surface area (Å²) in [6, 6.07) is 15.5. The predicted molar refractivity (Wildman–Crippen MR) is 145 cm³/mol. The van der Waals surface area contributed by atoms with Crippen molar-refractivity contribution >= 4 is 27.5 Å². The number of rotatable bonds is 6. The second-order valence-corrected chi connectivity index (χ2v) is 11.1. The van der Waals surface area contributed by atoms with Gasteiger partial charge in [0.05, 0.1) is 6.61 Å². The molecule has 2 saturated heterocycles. The lowest BCUT2D eigenvalue weighted by atomic mass is 9.95. The van der Waals surface area contributed by atoms with Crippen LogP contribution in [0, 0.1) is 11.2 Å². The van der Waals surface area contributed by atoms with E-state index >= 15 is 4.39 Å². The van der Waals surface area contributed by atoms with E-state index in [2.05, 4.69) is 15.2 Å². The lowest BCUT2D eigenvalue weighted by molar-refractivity contribution is 0.175. The molecule has 1 aromatic heterocycles. The molecule has 8 heteroatoms. The van der Waals surface area contributed by atoms with Crippen LogP contribution in [0.5, 0.6) is 11.8 Å². The van der Waals surface area contributed by atoms with E-state index in [9.17, 15) is 5.11 Å². The van der Waals surface area contributed by atoms with Crippen LogP contribution in [0.1, 0.15) is 26.7 Å². The summed E-state index contributed by atoms with van der Waals surface area (Å²) in [5.41, 5.74) is 6.82. The molecule has 2 aliphatic heterocycles. The number of halogens is 1. The van der Waals surface area contributed by atoms with Crippen LogP contribution in [0.3, 0.4) is 0 Å². The van der Waals surface area contributed by atoms with Gasteiger partial charge in [-0.05, 0) is 47.4 Å². The molecule has 6 rings (SSSR count). The summed E-state index contributed by atoms with van der Waals surface area (Å²) in [4.78, 5) is 11.6. The average Bonchev–Trinajstić information content (AvgIpc) is 3.24. The summed E-state index contributed by atoms with van der Waals surface area (Å²) in [5.74, 6) is 0.314. The first-order chi connectivity index (χ1) is 17.8. The molecule has 2 bridgehead atoms. The monoisotopic (exact) mass is 501 g/mol. The normalized spacial score (nSPS) is 19.6. The van der Waals surface area contributed by atoms with Gasteiger partial charge in [-0.3, -0.25) is 0 Å². The molecule has 0 amide bonds. The van der Waals surface area contributed by atoms with E-state index in [1.54, 1.807) is 18.2 Å². The van der Waals surface area contributed by atoms with E-state index in [4.69, 9.17) is 15.5 Å². The van der Waals surface area contributed by atoms with Crippen molar-refractivity contribution in [2.45, 2.75) is 38.8 Å². The number of nitrogens with zero attached hydrogens (tertiary/aromatic N) is 3. The molecule has 0 saturated carbocycles. The molecule has 4 N–H and O–H groups in total. The van der Waals surface area contributed by atoms with Crippen LogP contribution in [0.2, 0.25) is 0 Å². The fourth-order valence-corrected chi connectivity index (χ4v) is 5.45. The van der Waals surface area contributed by atoms with Crippen LogP contribution in [0.15, 0.2) is 48.5 Å². The van der Waals surface area contributed by atoms with Gasteiger partial charge in [-0.2, -0.15) is 9.97 Å². The van der Waals surface area contributed by atoms with E-state index in [-0.39, 0.29) is 22.7 Å². The Bertz CT molecular complexity index is 1480. The molecule has 4 aromatic rings. The highest BCUT2D eigenvalue weighted by Crippen LogP contribution is 2.39. The molecule has 3 aromatic carbocycles. The quantitative estimate of drug-likeness (QED) is 0.355. The fourth-order valence-electron chi connectivity index (χ4n) is 5.45. The fraction of sp³-hybridized carbons (Fsp3) is 0.379. The van der Waals surface area contributed by atoms with Crippen molar-refractivity contribution in [3.8, 4) is 22.9 Å². The minimum atomic E-state index is -0.460. The second kappa shape index (κ2) is 9.11. The number of piperazine rings is 1. The average molecular weight is 502 g/mol. The number of fused-ring (bicyclic) bond motifs is 4. The van der Waals surface area contributed by atoms with E-state index < -0.39 is 5.82 Å². The number of anilines is 1. The number of phenols is 1. The molecule has 7 nitrogen and oxygen atoms in total. The van der Waals surface area contributed by atoms with Crippen LogP contribution in [0.4, 0.5) is 10.2 Å². The highest BCUT2D eigenvalue weighted by atomic mass is 19.1. The number of aromatic nitrogens is 2. The van der Waals surface area contributed by atoms with Crippen molar-refractivity contribution in [2.24, 2.45) is 11.1 Å². The maximum atomic E-state index is 16.4. The number of nitrogens with one attached hydrogen (secondary N) is 1. The maximum Gasteiger partial charge on any atom is 0.319 e. The molecular formula is C29H32FN5O2. The number of nitrogens with two attached hydrogens (primary N) is 1. The Morgan fingerprint density at radius 1 is 1.05 bits per heavy atom. The Hall–Kier alpha value is -3.49. The lowest BCUT2D eigenvalue weighted by Gasteiger charge is -2.34. The van der Waals surface area contributed by atoms with Gasteiger partial charge in [-0.15, -0.1) is 0 Å². The van der Waals surface area contributed by atoms with Gasteiger partial charge in [0.15, 0.2) is 5.82 Å². The minimum Gasteiger partial charge on any atom is -0.508 e. The van der Waals surface area contributed by atoms with Gasteiger partial charge < -0.3 is 25.8 Å². The highest BCUT2D eigenvalue weighted by molar-refractivity contribution is 6.01. The number of hydrogen-bond donors (Lipinski definition) is 3. The molecule has 2 fully saturated rings. The molecule has 2 unspecified atom stereocenters. The summed E-state index contributed by atoms with van der Waals surface area (Å²) >= 11 is 0. The van der Waals surface area contributed by atoms with Crippen molar-refractivity contribution in [3.63, 3.8) is 0 Å².